The number of halogens is 1. The number of quaternary nitrogens is 1. The van der Waals surface area contributed by atoms with E-state index in [1.54, 1.807) is 0 Å². The minimum atomic E-state index is -0.445. The molecule has 152 valence electrons. The van der Waals surface area contributed by atoms with Crippen molar-refractivity contribution in [2.75, 3.05) is 27.2 Å². The molecule has 0 aliphatic carbocycles. The van der Waals surface area contributed by atoms with Gasteiger partial charge in [0.25, 0.3) is 5.91 Å². The molecule has 5 nitrogen and oxygen atoms in total. The SMILES string of the molecule is C[C@H]1C[C@@H](C(N)=O)[N+](CC#N)(c2cc(-c3ccc(CN(C)C)cc3)ccc2Cl)C1. The van der Waals surface area contributed by atoms with E-state index in [0.717, 1.165) is 23.4 Å². The van der Waals surface area contributed by atoms with E-state index in [2.05, 4.69) is 42.2 Å². The van der Waals surface area contributed by atoms with Crippen molar-refractivity contribution in [3.8, 4) is 17.2 Å². The van der Waals surface area contributed by atoms with Gasteiger partial charge in [-0.1, -0.05) is 48.9 Å². The van der Waals surface area contributed by atoms with Crippen molar-refractivity contribution < 1.29 is 4.79 Å². The Balaban J connectivity index is 2.06. The van der Waals surface area contributed by atoms with Crippen molar-refractivity contribution in [1.29, 1.82) is 5.26 Å². The summed E-state index contributed by atoms with van der Waals surface area (Å²) < 4.78 is 0.207. The Morgan fingerprint density at radius 3 is 2.48 bits per heavy atom. The molecule has 1 fully saturated rings. The number of primary amides is 1. The molecule has 1 aliphatic rings. The molecular formula is C23H28ClN4O+. The van der Waals surface area contributed by atoms with E-state index in [1.807, 2.05) is 32.3 Å². The third kappa shape index (κ3) is 4.30. The Kier molecular flexibility index (Phi) is 6.28. The highest BCUT2D eigenvalue weighted by molar-refractivity contribution is 6.33. The van der Waals surface area contributed by atoms with Gasteiger partial charge in [-0.15, -0.1) is 0 Å². The van der Waals surface area contributed by atoms with Gasteiger partial charge < -0.3 is 10.6 Å². The van der Waals surface area contributed by atoms with Gasteiger partial charge in [-0.25, -0.2) is 0 Å². The van der Waals surface area contributed by atoms with Crippen LogP contribution in [0.15, 0.2) is 42.5 Å². The monoisotopic (exact) mass is 411 g/mol. The summed E-state index contributed by atoms with van der Waals surface area (Å²) in [5.74, 6) is -0.0926. The van der Waals surface area contributed by atoms with Gasteiger partial charge in [0.1, 0.15) is 11.1 Å². The van der Waals surface area contributed by atoms with Crippen molar-refractivity contribution in [3.63, 3.8) is 0 Å². The van der Waals surface area contributed by atoms with E-state index >= 15 is 0 Å². The van der Waals surface area contributed by atoms with Crippen molar-refractivity contribution in [2.45, 2.75) is 25.9 Å². The Labute approximate surface area is 177 Å². The predicted octanol–water partition coefficient (Wildman–Crippen LogP) is 3.79. The van der Waals surface area contributed by atoms with Crippen LogP contribution in [-0.2, 0) is 11.3 Å². The van der Waals surface area contributed by atoms with Gasteiger partial charge >= 0.3 is 0 Å². The fourth-order valence-corrected chi connectivity index (χ4v) is 4.84. The van der Waals surface area contributed by atoms with Crippen LogP contribution >= 0.6 is 11.6 Å². The standard InChI is InChI=1S/C23H27ClN4O/c1-16-12-22(23(26)29)28(15-16,11-10-25)21-13-19(8-9-20(21)24)18-6-4-17(5-7-18)14-27(2)3/h4-9,13,16,22H,11-12,14-15H2,1-3H3,(H-,26,29)/p+1/t16-,22-,28?/m0/s1. The molecule has 0 saturated carbocycles. The first-order valence-corrected chi connectivity index (χ1v) is 10.2. The van der Waals surface area contributed by atoms with Gasteiger partial charge in [0.05, 0.1) is 6.54 Å². The summed E-state index contributed by atoms with van der Waals surface area (Å²) in [7, 11) is 4.09. The zero-order valence-corrected chi connectivity index (χ0v) is 18.0. The lowest BCUT2D eigenvalue weighted by atomic mass is 10.0. The minimum Gasteiger partial charge on any atom is -0.364 e. The van der Waals surface area contributed by atoms with Gasteiger partial charge in [-0.3, -0.25) is 9.28 Å². The maximum Gasteiger partial charge on any atom is 0.276 e. The summed E-state index contributed by atoms with van der Waals surface area (Å²) in [5, 5.41) is 10.1. The molecule has 1 heterocycles. The van der Waals surface area contributed by atoms with Crippen LogP contribution in [0.25, 0.3) is 11.1 Å². The van der Waals surface area contributed by atoms with Crippen LogP contribution < -0.4 is 10.2 Å². The van der Waals surface area contributed by atoms with E-state index in [0.29, 0.717) is 18.0 Å². The molecule has 1 saturated heterocycles. The predicted molar refractivity (Wildman–Crippen MR) is 118 cm³/mol. The fraction of sp³-hybridized carbons (Fsp3) is 0.391. The molecule has 0 aromatic heterocycles. The van der Waals surface area contributed by atoms with Gasteiger partial charge in [0.15, 0.2) is 18.3 Å². The largest absolute Gasteiger partial charge is 0.364 e. The van der Waals surface area contributed by atoms with Crippen LogP contribution in [0.5, 0.6) is 0 Å². The summed E-state index contributed by atoms with van der Waals surface area (Å²) in [6.45, 7) is 3.82. The zero-order valence-electron chi connectivity index (χ0n) is 17.2. The number of hydrogen-bond donors (Lipinski definition) is 1. The molecule has 0 radical (unpaired) electrons. The van der Waals surface area contributed by atoms with E-state index in [1.165, 1.54) is 5.56 Å². The summed E-state index contributed by atoms with van der Waals surface area (Å²) in [6.07, 6.45) is 0.663. The number of nitrogens with zero attached hydrogens (tertiary/aromatic N) is 3. The lowest BCUT2D eigenvalue weighted by Crippen LogP contribution is -2.58. The summed E-state index contributed by atoms with van der Waals surface area (Å²) in [6, 6.07) is 16.1. The van der Waals surface area contributed by atoms with Gasteiger partial charge in [-0.2, -0.15) is 5.26 Å². The Bertz CT molecular complexity index is 935. The first-order valence-electron chi connectivity index (χ1n) is 9.84. The molecular weight excluding hydrogens is 384 g/mol. The molecule has 3 rings (SSSR count). The van der Waals surface area contributed by atoms with Crippen LogP contribution in [0.3, 0.4) is 0 Å². The van der Waals surface area contributed by atoms with Crippen molar-refractivity contribution in [3.05, 3.63) is 53.1 Å². The van der Waals surface area contributed by atoms with Gasteiger partial charge in [0.2, 0.25) is 0 Å². The molecule has 2 aromatic rings. The van der Waals surface area contributed by atoms with Crippen LogP contribution in [0, 0.1) is 17.2 Å². The van der Waals surface area contributed by atoms with Crippen molar-refractivity contribution in [2.24, 2.45) is 11.7 Å². The van der Waals surface area contributed by atoms with Crippen LogP contribution in [0.2, 0.25) is 5.02 Å². The van der Waals surface area contributed by atoms with Crippen LogP contribution in [-0.4, -0.2) is 44.0 Å². The Hall–Kier alpha value is -2.39. The number of hydrogen-bond acceptors (Lipinski definition) is 3. The lowest BCUT2D eigenvalue weighted by Gasteiger charge is -2.37. The average molecular weight is 412 g/mol. The average Bonchev–Trinajstić information content (AvgIpc) is 3.00. The molecule has 2 aromatic carbocycles. The number of carbonyl (C=O) groups excluding carboxylic acids is 1. The number of nitriles is 1. The third-order valence-corrected chi connectivity index (χ3v) is 6.07. The molecule has 6 heteroatoms. The topological polar surface area (TPSA) is 70.1 Å². The van der Waals surface area contributed by atoms with Crippen LogP contribution in [0.1, 0.15) is 18.9 Å². The Morgan fingerprint density at radius 1 is 1.24 bits per heavy atom. The highest BCUT2D eigenvalue weighted by Crippen LogP contribution is 2.42. The van der Waals surface area contributed by atoms with E-state index < -0.39 is 6.04 Å². The second-order valence-corrected chi connectivity index (χ2v) is 8.80. The van der Waals surface area contributed by atoms with Gasteiger partial charge in [0, 0.05) is 24.9 Å². The lowest BCUT2D eigenvalue weighted by molar-refractivity contribution is -0.121. The van der Waals surface area contributed by atoms with Crippen molar-refractivity contribution >= 4 is 23.2 Å². The van der Waals surface area contributed by atoms with Crippen molar-refractivity contribution in [1.82, 2.24) is 9.38 Å². The maximum absolute atomic E-state index is 12.3. The molecule has 29 heavy (non-hydrogen) atoms. The fourth-order valence-electron chi connectivity index (χ4n) is 4.55. The molecule has 1 aliphatic heterocycles. The van der Waals surface area contributed by atoms with Crippen LogP contribution in [0.4, 0.5) is 5.69 Å². The number of benzene rings is 2. The van der Waals surface area contributed by atoms with Gasteiger partial charge in [-0.05, 0) is 36.9 Å². The Morgan fingerprint density at radius 2 is 1.90 bits per heavy atom. The van der Waals surface area contributed by atoms with E-state index in [4.69, 9.17) is 17.3 Å². The zero-order chi connectivity index (χ0) is 21.2. The molecule has 1 unspecified atom stereocenters. The first-order chi connectivity index (χ1) is 13.8. The normalized spacial score (nSPS) is 23.9. The summed E-state index contributed by atoms with van der Waals surface area (Å²) >= 11 is 6.61. The maximum atomic E-state index is 12.3. The third-order valence-electron chi connectivity index (χ3n) is 5.75. The molecule has 0 spiro atoms. The number of likely N-dealkylation sites (tertiary alicyclic amines) is 1. The smallest absolute Gasteiger partial charge is 0.276 e. The second-order valence-electron chi connectivity index (χ2n) is 8.39. The summed E-state index contributed by atoms with van der Waals surface area (Å²) in [5.41, 5.74) is 9.87. The highest BCUT2D eigenvalue weighted by Gasteiger charge is 2.51. The quantitative estimate of drug-likeness (QED) is 0.580. The molecule has 2 N–H and O–H groups in total. The minimum absolute atomic E-state index is 0.170. The molecule has 0 bridgehead atoms. The van der Waals surface area contributed by atoms with E-state index in [9.17, 15) is 10.1 Å². The number of nitrogens with two attached hydrogens (primary N) is 1. The summed E-state index contributed by atoms with van der Waals surface area (Å²) in [4.78, 5) is 14.4. The second kappa shape index (κ2) is 8.54. The van der Waals surface area contributed by atoms with E-state index in [-0.39, 0.29) is 22.9 Å². The molecule has 1 amide bonds. The first kappa shape index (κ1) is 21.3. The number of carbonyl (C=O) groups is 1. The number of rotatable bonds is 6. The molecule has 3 atom stereocenters. The number of amides is 1. The highest BCUT2D eigenvalue weighted by atomic mass is 35.5.